The second kappa shape index (κ2) is 4.58. The minimum atomic E-state index is -4.11. The Balaban J connectivity index is 2.06. The van der Waals surface area contributed by atoms with Crippen molar-refractivity contribution in [2.24, 2.45) is 13.0 Å². The van der Waals surface area contributed by atoms with Gasteiger partial charge in [-0.25, -0.2) is 0 Å². The SMILES string of the molecule is Cn1cc(NC2CCCCC2C(F)(F)F)cn1. The smallest absolute Gasteiger partial charge is 0.379 e. The molecule has 1 N–H and O–H groups in total. The summed E-state index contributed by atoms with van der Waals surface area (Å²) in [4.78, 5) is 0. The number of aromatic nitrogens is 2. The van der Waals surface area contributed by atoms with Crippen molar-refractivity contribution in [3.05, 3.63) is 12.4 Å². The van der Waals surface area contributed by atoms with Crippen molar-refractivity contribution in [1.82, 2.24) is 9.78 Å². The minimum absolute atomic E-state index is 0.224. The summed E-state index contributed by atoms with van der Waals surface area (Å²) >= 11 is 0. The Hall–Kier alpha value is -1.20. The maximum Gasteiger partial charge on any atom is 0.393 e. The van der Waals surface area contributed by atoms with Crippen molar-refractivity contribution in [1.29, 1.82) is 0 Å². The van der Waals surface area contributed by atoms with Crippen molar-refractivity contribution >= 4 is 5.69 Å². The predicted molar refractivity (Wildman–Crippen MR) is 58.6 cm³/mol. The number of halogens is 3. The van der Waals surface area contributed by atoms with Crippen molar-refractivity contribution in [2.45, 2.75) is 37.9 Å². The van der Waals surface area contributed by atoms with Crippen LogP contribution < -0.4 is 5.32 Å². The maximum atomic E-state index is 12.8. The van der Waals surface area contributed by atoms with Crippen LogP contribution in [-0.2, 0) is 7.05 Å². The zero-order valence-corrected chi connectivity index (χ0v) is 9.67. The van der Waals surface area contributed by atoms with Crippen LogP contribution in [-0.4, -0.2) is 22.0 Å². The lowest BCUT2D eigenvalue weighted by molar-refractivity contribution is -0.184. The van der Waals surface area contributed by atoms with Crippen LogP contribution in [0.1, 0.15) is 25.7 Å². The highest BCUT2D eigenvalue weighted by Gasteiger charge is 2.45. The fourth-order valence-corrected chi connectivity index (χ4v) is 2.41. The fourth-order valence-electron chi connectivity index (χ4n) is 2.41. The van der Waals surface area contributed by atoms with Gasteiger partial charge >= 0.3 is 6.18 Å². The number of nitrogens with one attached hydrogen (secondary N) is 1. The van der Waals surface area contributed by atoms with E-state index in [-0.39, 0.29) is 6.42 Å². The van der Waals surface area contributed by atoms with Gasteiger partial charge in [-0.2, -0.15) is 18.3 Å². The first-order valence-corrected chi connectivity index (χ1v) is 5.79. The highest BCUT2D eigenvalue weighted by atomic mass is 19.4. The Morgan fingerprint density at radius 3 is 2.65 bits per heavy atom. The van der Waals surface area contributed by atoms with Crippen molar-refractivity contribution < 1.29 is 13.2 Å². The molecule has 1 aliphatic carbocycles. The topological polar surface area (TPSA) is 29.9 Å². The summed E-state index contributed by atoms with van der Waals surface area (Å²) in [6, 6.07) is -0.520. The standard InChI is InChI=1S/C11H16F3N3/c1-17-7-8(6-15-17)16-10-5-3-2-4-9(10)11(12,13)14/h6-7,9-10,16H,2-5H2,1H3. The number of hydrogen-bond donors (Lipinski definition) is 1. The first-order valence-electron chi connectivity index (χ1n) is 5.79. The van der Waals surface area contributed by atoms with E-state index in [9.17, 15) is 13.2 Å². The summed E-state index contributed by atoms with van der Waals surface area (Å²) in [5.41, 5.74) is 0.661. The number of aryl methyl sites for hydroxylation is 1. The van der Waals surface area contributed by atoms with Gasteiger partial charge < -0.3 is 5.32 Å². The second-order valence-corrected chi connectivity index (χ2v) is 4.59. The van der Waals surface area contributed by atoms with Gasteiger partial charge in [0, 0.05) is 19.3 Å². The Bertz CT molecular complexity index is 372. The van der Waals surface area contributed by atoms with Crippen LogP contribution >= 0.6 is 0 Å². The van der Waals surface area contributed by atoms with E-state index in [1.165, 1.54) is 0 Å². The number of nitrogens with zero attached hydrogens (tertiary/aromatic N) is 2. The highest BCUT2D eigenvalue weighted by Crippen LogP contribution is 2.38. The number of alkyl halides is 3. The van der Waals surface area contributed by atoms with E-state index in [0.717, 1.165) is 6.42 Å². The molecule has 1 aromatic rings. The van der Waals surface area contributed by atoms with Gasteiger partial charge in [0.15, 0.2) is 0 Å². The second-order valence-electron chi connectivity index (χ2n) is 4.59. The molecule has 96 valence electrons. The van der Waals surface area contributed by atoms with Gasteiger partial charge in [-0.1, -0.05) is 12.8 Å². The summed E-state index contributed by atoms with van der Waals surface area (Å²) in [6.07, 6.45) is 1.45. The fraction of sp³-hybridized carbons (Fsp3) is 0.727. The average molecular weight is 247 g/mol. The van der Waals surface area contributed by atoms with Gasteiger partial charge in [-0.3, -0.25) is 4.68 Å². The van der Waals surface area contributed by atoms with Crippen LogP contribution in [0, 0.1) is 5.92 Å². The molecule has 17 heavy (non-hydrogen) atoms. The lowest BCUT2D eigenvalue weighted by atomic mass is 9.84. The van der Waals surface area contributed by atoms with E-state index in [1.54, 1.807) is 24.1 Å². The van der Waals surface area contributed by atoms with Crippen molar-refractivity contribution in [3.63, 3.8) is 0 Å². The molecule has 0 bridgehead atoms. The molecule has 6 heteroatoms. The van der Waals surface area contributed by atoms with Gasteiger partial charge in [-0.05, 0) is 12.8 Å². The molecule has 1 fully saturated rings. The Morgan fingerprint density at radius 2 is 2.06 bits per heavy atom. The summed E-state index contributed by atoms with van der Waals surface area (Å²) in [5, 5.41) is 6.90. The minimum Gasteiger partial charge on any atom is -0.379 e. The van der Waals surface area contributed by atoms with E-state index in [0.29, 0.717) is 18.5 Å². The molecule has 0 amide bonds. The predicted octanol–water partition coefficient (Wildman–Crippen LogP) is 2.95. The lowest BCUT2D eigenvalue weighted by Crippen LogP contribution is -2.41. The Kier molecular flexibility index (Phi) is 3.31. The molecule has 0 radical (unpaired) electrons. The van der Waals surface area contributed by atoms with Gasteiger partial charge in [0.2, 0.25) is 0 Å². The normalized spacial score (nSPS) is 25.9. The lowest BCUT2D eigenvalue weighted by Gasteiger charge is -2.33. The van der Waals surface area contributed by atoms with Crippen LogP contribution in [0.5, 0.6) is 0 Å². The largest absolute Gasteiger partial charge is 0.393 e. The zero-order valence-electron chi connectivity index (χ0n) is 9.67. The van der Waals surface area contributed by atoms with E-state index in [1.807, 2.05) is 0 Å². The molecule has 1 aromatic heterocycles. The van der Waals surface area contributed by atoms with E-state index >= 15 is 0 Å². The molecule has 3 nitrogen and oxygen atoms in total. The number of anilines is 1. The van der Waals surface area contributed by atoms with E-state index in [2.05, 4.69) is 10.4 Å². The molecule has 1 heterocycles. The molecular formula is C11H16F3N3. The Labute approximate surface area is 98.0 Å². The third kappa shape index (κ3) is 2.92. The molecule has 0 saturated heterocycles. The third-order valence-electron chi connectivity index (χ3n) is 3.24. The van der Waals surface area contributed by atoms with Gasteiger partial charge in [-0.15, -0.1) is 0 Å². The molecule has 0 aromatic carbocycles. The first-order chi connectivity index (χ1) is 7.97. The van der Waals surface area contributed by atoms with Crippen LogP contribution in [0.15, 0.2) is 12.4 Å². The number of rotatable bonds is 2. The summed E-state index contributed by atoms with van der Waals surface area (Å²) in [6.45, 7) is 0. The van der Waals surface area contributed by atoms with Gasteiger partial charge in [0.1, 0.15) is 0 Å². The van der Waals surface area contributed by atoms with Crippen LogP contribution in [0.25, 0.3) is 0 Å². The van der Waals surface area contributed by atoms with Crippen molar-refractivity contribution in [3.8, 4) is 0 Å². The monoisotopic (exact) mass is 247 g/mol. The molecular weight excluding hydrogens is 231 g/mol. The summed E-state index contributed by atoms with van der Waals surface area (Å²) < 4.78 is 40.1. The van der Waals surface area contributed by atoms with Gasteiger partial charge in [0.05, 0.1) is 17.8 Å². The van der Waals surface area contributed by atoms with Crippen LogP contribution in [0.4, 0.5) is 18.9 Å². The highest BCUT2D eigenvalue weighted by molar-refractivity contribution is 5.39. The molecule has 1 saturated carbocycles. The van der Waals surface area contributed by atoms with E-state index < -0.39 is 18.1 Å². The van der Waals surface area contributed by atoms with Crippen molar-refractivity contribution in [2.75, 3.05) is 5.32 Å². The molecule has 2 unspecified atom stereocenters. The quantitative estimate of drug-likeness (QED) is 0.870. The molecule has 2 atom stereocenters. The van der Waals surface area contributed by atoms with E-state index in [4.69, 9.17) is 0 Å². The average Bonchev–Trinajstić information content (AvgIpc) is 2.63. The van der Waals surface area contributed by atoms with Gasteiger partial charge in [0.25, 0.3) is 0 Å². The summed E-state index contributed by atoms with van der Waals surface area (Å²) in [7, 11) is 1.74. The molecule has 0 aliphatic heterocycles. The molecule has 0 spiro atoms. The number of hydrogen-bond acceptors (Lipinski definition) is 2. The summed E-state index contributed by atoms with van der Waals surface area (Å²) in [5.74, 6) is -1.24. The first kappa shape index (κ1) is 12.3. The third-order valence-corrected chi connectivity index (χ3v) is 3.24. The molecule has 1 aliphatic rings. The Morgan fingerprint density at radius 1 is 1.35 bits per heavy atom. The zero-order chi connectivity index (χ0) is 12.5. The van der Waals surface area contributed by atoms with Crippen LogP contribution in [0.2, 0.25) is 0 Å². The van der Waals surface area contributed by atoms with Crippen LogP contribution in [0.3, 0.4) is 0 Å². The maximum absolute atomic E-state index is 12.8. The molecule has 2 rings (SSSR count).